The second-order valence-electron chi connectivity index (χ2n) is 6.66. The summed E-state index contributed by atoms with van der Waals surface area (Å²) in [4.78, 5) is 4.23. The highest BCUT2D eigenvalue weighted by molar-refractivity contribution is 8.32. The molecule has 2 aromatic heterocycles. The number of nitrogens with zero attached hydrogens (tertiary/aromatic N) is 2. The van der Waals surface area contributed by atoms with E-state index in [4.69, 9.17) is 16.3 Å². The van der Waals surface area contributed by atoms with E-state index in [-0.39, 0.29) is 0 Å². The summed E-state index contributed by atoms with van der Waals surface area (Å²) in [6, 6.07) is 2.03. The Kier molecular flexibility index (Phi) is 4.21. The summed E-state index contributed by atoms with van der Waals surface area (Å²) in [6.07, 6.45) is 13.5. The number of ether oxygens (including phenoxy) is 1. The van der Waals surface area contributed by atoms with Gasteiger partial charge in [0, 0.05) is 23.5 Å². The van der Waals surface area contributed by atoms with Gasteiger partial charge in [0.25, 0.3) is 0 Å². The minimum Gasteiger partial charge on any atom is -0.360 e. The Balaban J connectivity index is 1.78. The fourth-order valence-corrected chi connectivity index (χ4v) is 3.40. The molecule has 1 fully saturated rings. The summed E-state index contributed by atoms with van der Waals surface area (Å²) in [6.45, 7) is 1.41. The molecule has 0 saturated heterocycles. The van der Waals surface area contributed by atoms with Crippen molar-refractivity contribution in [2.45, 2.75) is 25.5 Å². The molecule has 1 aliphatic carbocycles. The van der Waals surface area contributed by atoms with Crippen molar-refractivity contribution >= 4 is 32.5 Å². The topological polar surface area (TPSA) is 27.1 Å². The molecule has 0 N–H and O–H groups in total. The molecule has 0 spiro atoms. The highest BCUT2D eigenvalue weighted by Gasteiger charge is 2.28. The SMILES string of the molecule is CS(C)(C)CCOCn1cc(C2CC2)c2c(Cl)nccc21. The van der Waals surface area contributed by atoms with Crippen LogP contribution in [-0.4, -0.2) is 40.7 Å². The first-order chi connectivity index (χ1) is 9.96. The number of pyridine rings is 1. The molecule has 3 nitrogen and oxygen atoms in total. The standard InChI is InChI=1S/C16H23ClN2OS/c1-21(2,3)9-8-20-11-19-10-13(12-4-5-12)15-14(19)6-7-18-16(15)17/h6-7,10,12H,4-5,8-9,11H2,1-3H3. The van der Waals surface area contributed by atoms with E-state index in [1.807, 2.05) is 6.07 Å². The number of halogens is 1. The minimum atomic E-state index is -0.491. The fourth-order valence-electron chi connectivity index (χ4n) is 2.52. The van der Waals surface area contributed by atoms with Crippen LogP contribution in [0.25, 0.3) is 10.9 Å². The Morgan fingerprint density at radius 3 is 2.81 bits per heavy atom. The molecule has 2 aromatic rings. The molecule has 0 atom stereocenters. The normalized spacial score (nSPS) is 16.6. The van der Waals surface area contributed by atoms with Crippen LogP contribution in [0, 0.1) is 0 Å². The van der Waals surface area contributed by atoms with Crippen LogP contribution in [0.1, 0.15) is 24.3 Å². The van der Waals surface area contributed by atoms with Crippen LogP contribution in [0.5, 0.6) is 0 Å². The van der Waals surface area contributed by atoms with E-state index in [1.54, 1.807) is 6.20 Å². The smallest absolute Gasteiger partial charge is 0.138 e. The van der Waals surface area contributed by atoms with E-state index in [2.05, 4.69) is 34.5 Å². The Hall–Kier alpha value is -0.710. The van der Waals surface area contributed by atoms with Gasteiger partial charge < -0.3 is 9.30 Å². The van der Waals surface area contributed by atoms with Crippen LogP contribution < -0.4 is 0 Å². The molecule has 2 heterocycles. The van der Waals surface area contributed by atoms with Crippen molar-refractivity contribution in [2.75, 3.05) is 31.1 Å². The van der Waals surface area contributed by atoms with E-state index in [0.29, 0.717) is 17.8 Å². The van der Waals surface area contributed by atoms with E-state index in [9.17, 15) is 0 Å². The summed E-state index contributed by atoms with van der Waals surface area (Å²) in [5, 5.41) is 1.74. The van der Waals surface area contributed by atoms with Crippen LogP contribution in [-0.2, 0) is 11.5 Å². The first kappa shape index (κ1) is 15.2. The van der Waals surface area contributed by atoms with Gasteiger partial charge in [-0.25, -0.2) is 15.0 Å². The quantitative estimate of drug-likeness (QED) is 0.586. The van der Waals surface area contributed by atoms with E-state index < -0.39 is 10.0 Å². The Labute approximate surface area is 133 Å². The first-order valence-corrected chi connectivity index (χ1v) is 10.7. The van der Waals surface area contributed by atoms with Crippen molar-refractivity contribution in [3.63, 3.8) is 0 Å². The average molecular weight is 327 g/mol. The van der Waals surface area contributed by atoms with Gasteiger partial charge in [0.1, 0.15) is 11.9 Å². The van der Waals surface area contributed by atoms with Crippen molar-refractivity contribution in [1.29, 1.82) is 0 Å². The van der Waals surface area contributed by atoms with Gasteiger partial charge in [0.15, 0.2) is 0 Å². The van der Waals surface area contributed by atoms with Gasteiger partial charge in [0.2, 0.25) is 0 Å². The third-order valence-electron chi connectivity index (χ3n) is 3.86. The number of fused-ring (bicyclic) bond motifs is 1. The molecule has 1 aliphatic rings. The van der Waals surface area contributed by atoms with Crippen molar-refractivity contribution in [3.8, 4) is 0 Å². The summed E-state index contributed by atoms with van der Waals surface area (Å²) in [5.74, 6) is 1.80. The predicted octanol–water partition coefficient (Wildman–Crippen LogP) is 4.24. The minimum absolute atomic E-state index is 0.491. The fraction of sp³-hybridized carbons (Fsp3) is 0.562. The molecule has 0 aliphatic heterocycles. The number of rotatable bonds is 6. The third-order valence-corrected chi connectivity index (χ3v) is 5.54. The molecule has 3 rings (SSSR count). The maximum absolute atomic E-state index is 6.31. The summed E-state index contributed by atoms with van der Waals surface area (Å²) in [7, 11) is -0.491. The molecule has 21 heavy (non-hydrogen) atoms. The number of aromatic nitrogens is 2. The molecule has 0 aromatic carbocycles. The first-order valence-electron chi connectivity index (χ1n) is 7.33. The lowest BCUT2D eigenvalue weighted by Gasteiger charge is -2.24. The molecule has 0 radical (unpaired) electrons. The maximum Gasteiger partial charge on any atom is 0.138 e. The Morgan fingerprint density at radius 2 is 2.14 bits per heavy atom. The van der Waals surface area contributed by atoms with Crippen molar-refractivity contribution in [1.82, 2.24) is 9.55 Å². The van der Waals surface area contributed by atoms with Crippen molar-refractivity contribution in [2.24, 2.45) is 0 Å². The number of hydrogen-bond acceptors (Lipinski definition) is 2. The lowest BCUT2D eigenvalue weighted by molar-refractivity contribution is 0.0926. The van der Waals surface area contributed by atoms with Crippen LogP contribution in [0.2, 0.25) is 5.15 Å². The predicted molar refractivity (Wildman–Crippen MR) is 92.9 cm³/mol. The highest BCUT2D eigenvalue weighted by atomic mass is 35.5. The monoisotopic (exact) mass is 326 g/mol. The zero-order valence-corrected chi connectivity index (χ0v) is 14.5. The molecule has 0 unspecified atom stereocenters. The lowest BCUT2D eigenvalue weighted by Crippen LogP contribution is -2.09. The summed E-state index contributed by atoms with van der Waals surface area (Å²) >= 11 is 6.31. The van der Waals surface area contributed by atoms with Gasteiger partial charge in [-0.15, -0.1) is 0 Å². The molecular formula is C16H23ClN2OS. The average Bonchev–Trinajstić information content (AvgIpc) is 3.17. The summed E-state index contributed by atoms with van der Waals surface area (Å²) in [5.41, 5.74) is 2.48. The van der Waals surface area contributed by atoms with Gasteiger partial charge in [0.05, 0.1) is 12.1 Å². The van der Waals surface area contributed by atoms with Gasteiger partial charge in [-0.3, -0.25) is 0 Å². The largest absolute Gasteiger partial charge is 0.360 e. The van der Waals surface area contributed by atoms with Crippen LogP contribution >= 0.6 is 21.6 Å². The second kappa shape index (κ2) is 5.82. The Morgan fingerprint density at radius 1 is 1.38 bits per heavy atom. The van der Waals surface area contributed by atoms with Crippen molar-refractivity contribution < 1.29 is 4.74 Å². The highest BCUT2D eigenvalue weighted by Crippen LogP contribution is 2.45. The Bertz CT molecular complexity index is 643. The lowest BCUT2D eigenvalue weighted by atomic mass is 10.1. The third kappa shape index (κ3) is 3.55. The van der Waals surface area contributed by atoms with E-state index in [0.717, 1.165) is 23.3 Å². The zero-order valence-electron chi connectivity index (χ0n) is 12.9. The van der Waals surface area contributed by atoms with Gasteiger partial charge >= 0.3 is 0 Å². The van der Waals surface area contributed by atoms with E-state index >= 15 is 0 Å². The van der Waals surface area contributed by atoms with Gasteiger partial charge in [-0.1, -0.05) is 11.6 Å². The zero-order chi connectivity index (χ0) is 15.0. The second-order valence-corrected chi connectivity index (χ2v) is 11.6. The summed E-state index contributed by atoms with van der Waals surface area (Å²) < 4.78 is 8.05. The van der Waals surface area contributed by atoms with Crippen LogP contribution in [0.3, 0.4) is 0 Å². The van der Waals surface area contributed by atoms with Gasteiger partial charge in [-0.05, 0) is 49.2 Å². The molecular weight excluding hydrogens is 304 g/mol. The maximum atomic E-state index is 6.31. The molecule has 116 valence electrons. The molecule has 0 bridgehead atoms. The molecule has 5 heteroatoms. The van der Waals surface area contributed by atoms with Gasteiger partial charge in [-0.2, -0.15) is 0 Å². The van der Waals surface area contributed by atoms with Crippen molar-refractivity contribution in [3.05, 3.63) is 29.2 Å². The molecule has 1 saturated carbocycles. The molecule has 0 amide bonds. The van der Waals surface area contributed by atoms with Crippen LogP contribution in [0.4, 0.5) is 0 Å². The van der Waals surface area contributed by atoms with E-state index in [1.165, 1.54) is 18.4 Å². The van der Waals surface area contributed by atoms with Crippen LogP contribution in [0.15, 0.2) is 18.5 Å². The number of hydrogen-bond donors (Lipinski definition) is 0.